The number of hydrogen-bond acceptors (Lipinski definition) is 8. The van der Waals surface area contributed by atoms with Gasteiger partial charge in [0.05, 0.1) is 25.9 Å². The highest BCUT2D eigenvalue weighted by atomic mass is 16.5. The van der Waals surface area contributed by atoms with E-state index in [0.29, 0.717) is 36.2 Å². The second kappa shape index (κ2) is 10.6. The Morgan fingerprint density at radius 1 is 1.07 bits per heavy atom. The molecule has 7 rings (SSSR count). The summed E-state index contributed by atoms with van der Waals surface area (Å²) < 4.78 is 8.45. The summed E-state index contributed by atoms with van der Waals surface area (Å²) in [5.74, 6) is 2.48. The SMILES string of the molecule is C[C@@H](Nc1nc(C(O)CO)nc2nc(N3CCOC[C@H]3c3ccccc3)n([C@@H]3CC34CCCCC4)c12)C1CCC1. The third-order valence-electron chi connectivity index (χ3n) is 10.1. The standard InChI is InChI=1S/C31H42N6O3/c1-20(21-11-8-12-21)32-28-26-29(34-27(33-28)24(39)18-38)35-30(37(26)25-17-31(25)13-6-3-7-14-31)36-15-16-40-19-23(36)22-9-4-2-5-10-22/h2,4-5,9-10,20-21,23-25,38-39H,3,6-8,11-19H2,1H3,(H,32,33,34)/t20-,23+,24?,25-/m1/s1. The molecule has 4 aliphatic rings. The molecule has 4 atom stereocenters. The monoisotopic (exact) mass is 546 g/mol. The first-order valence-electron chi connectivity index (χ1n) is 15.3. The summed E-state index contributed by atoms with van der Waals surface area (Å²) >= 11 is 0. The fourth-order valence-corrected chi connectivity index (χ4v) is 7.39. The molecule has 1 unspecified atom stereocenters. The number of aliphatic hydroxyl groups is 2. The van der Waals surface area contributed by atoms with Gasteiger partial charge in [-0.15, -0.1) is 0 Å². The predicted octanol–water partition coefficient (Wildman–Crippen LogP) is 4.93. The summed E-state index contributed by atoms with van der Waals surface area (Å²) in [4.78, 5) is 17.2. The largest absolute Gasteiger partial charge is 0.393 e. The number of aliphatic hydroxyl groups excluding tert-OH is 2. The molecule has 4 fully saturated rings. The Bertz CT molecular complexity index is 1340. The van der Waals surface area contributed by atoms with Crippen molar-refractivity contribution in [1.29, 1.82) is 0 Å². The lowest BCUT2D eigenvalue weighted by molar-refractivity contribution is 0.0889. The minimum absolute atomic E-state index is 0.0485. The number of morpholine rings is 1. The van der Waals surface area contributed by atoms with Crippen molar-refractivity contribution in [3.63, 3.8) is 0 Å². The molecule has 0 bridgehead atoms. The van der Waals surface area contributed by atoms with Crippen LogP contribution in [0.3, 0.4) is 0 Å². The Hall–Kier alpha value is -2.75. The summed E-state index contributed by atoms with van der Waals surface area (Å²) in [5.41, 5.74) is 3.05. The van der Waals surface area contributed by atoms with E-state index in [-0.39, 0.29) is 17.9 Å². The number of rotatable bonds is 8. The van der Waals surface area contributed by atoms with Gasteiger partial charge in [-0.05, 0) is 55.9 Å². The van der Waals surface area contributed by atoms with Crippen molar-refractivity contribution in [1.82, 2.24) is 19.5 Å². The zero-order valence-corrected chi connectivity index (χ0v) is 23.5. The number of anilines is 2. The number of aromatic nitrogens is 4. The van der Waals surface area contributed by atoms with Gasteiger partial charge >= 0.3 is 0 Å². The molecule has 2 aromatic heterocycles. The second-order valence-corrected chi connectivity index (χ2v) is 12.5. The summed E-state index contributed by atoms with van der Waals surface area (Å²) in [7, 11) is 0. The first-order valence-corrected chi connectivity index (χ1v) is 15.3. The summed E-state index contributed by atoms with van der Waals surface area (Å²) in [6.07, 6.45) is 10.1. The summed E-state index contributed by atoms with van der Waals surface area (Å²) in [6, 6.07) is 11.2. The molecule has 9 heteroatoms. The normalized spacial score (nSPS) is 26.0. The number of benzene rings is 1. The Labute approximate surface area is 236 Å². The van der Waals surface area contributed by atoms with Gasteiger partial charge < -0.3 is 29.7 Å². The van der Waals surface area contributed by atoms with Gasteiger partial charge in [-0.3, -0.25) is 0 Å². The van der Waals surface area contributed by atoms with E-state index in [2.05, 4.69) is 52.0 Å². The molecule has 1 spiro atoms. The molecule has 214 valence electrons. The number of nitrogens with one attached hydrogen (secondary N) is 1. The van der Waals surface area contributed by atoms with Crippen molar-refractivity contribution < 1.29 is 14.9 Å². The van der Waals surface area contributed by atoms with E-state index in [0.717, 1.165) is 30.2 Å². The van der Waals surface area contributed by atoms with Crippen LogP contribution in [-0.4, -0.2) is 62.1 Å². The lowest BCUT2D eigenvalue weighted by Gasteiger charge is -2.37. The molecule has 3 N–H and O–H groups in total. The fraction of sp³-hybridized carbons (Fsp3) is 0.645. The van der Waals surface area contributed by atoms with Crippen molar-refractivity contribution >= 4 is 22.9 Å². The molecular formula is C31H42N6O3. The molecule has 3 aromatic rings. The van der Waals surface area contributed by atoms with Gasteiger partial charge in [-0.25, -0.2) is 9.97 Å². The van der Waals surface area contributed by atoms with E-state index < -0.39 is 12.7 Å². The minimum atomic E-state index is -1.15. The van der Waals surface area contributed by atoms with Crippen LogP contribution < -0.4 is 10.2 Å². The maximum atomic E-state index is 10.6. The van der Waals surface area contributed by atoms with Gasteiger partial charge in [0.15, 0.2) is 17.3 Å². The van der Waals surface area contributed by atoms with E-state index in [4.69, 9.17) is 19.7 Å². The van der Waals surface area contributed by atoms with Crippen molar-refractivity contribution in [3.8, 4) is 0 Å². The van der Waals surface area contributed by atoms with Crippen LogP contribution in [-0.2, 0) is 4.74 Å². The highest BCUT2D eigenvalue weighted by Crippen LogP contribution is 2.66. The molecule has 1 aliphatic heterocycles. The van der Waals surface area contributed by atoms with Crippen LogP contribution >= 0.6 is 0 Å². The molecule has 3 saturated carbocycles. The average molecular weight is 547 g/mol. The first-order chi connectivity index (χ1) is 19.6. The van der Waals surface area contributed by atoms with E-state index in [9.17, 15) is 10.2 Å². The minimum Gasteiger partial charge on any atom is -0.393 e. The van der Waals surface area contributed by atoms with Crippen LogP contribution in [0.25, 0.3) is 11.2 Å². The molecule has 1 aromatic carbocycles. The summed E-state index contributed by atoms with van der Waals surface area (Å²) in [6.45, 7) is 3.79. The Kier molecular flexibility index (Phi) is 6.92. The highest BCUT2D eigenvalue weighted by Gasteiger charge is 2.56. The number of hydrogen-bond donors (Lipinski definition) is 3. The smallest absolute Gasteiger partial charge is 0.209 e. The quantitative estimate of drug-likeness (QED) is 0.365. The molecular weight excluding hydrogens is 504 g/mol. The highest BCUT2D eigenvalue weighted by molar-refractivity contribution is 5.87. The Morgan fingerprint density at radius 2 is 1.88 bits per heavy atom. The third-order valence-corrected chi connectivity index (χ3v) is 10.1. The van der Waals surface area contributed by atoms with E-state index in [1.165, 1.54) is 56.9 Å². The van der Waals surface area contributed by atoms with Crippen molar-refractivity contribution in [2.75, 3.05) is 36.6 Å². The zero-order valence-electron chi connectivity index (χ0n) is 23.5. The molecule has 40 heavy (non-hydrogen) atoms. The maximum absolute atomic E-state index is 10.6. The Morgan fingerprint density at radius 3 is 2.60 bits per heavy atom. The molecule has 9 nitrogen and oxygen atoms in total. The van der Waals surface area contributed by atoms with Gasteiger partial charge in [0.1, 0.15) is 11.6 Å². The van der Waals surface area contributed by atoms with Crippen LogP contribution in [0.15, 0.2) is 30.3 Å². The molecule has 0 amide bonds. The number of imidazole rings is 1. The van der Waals surface area contributed by atoms with Crippen LogP contribution in [0.1, 0.15) is 94.3 Å². The van der Waals surface area contributed by atoms with E-state index >= 15 is 0 Å². The number of fused-ring (bicyclic) bond motifs is 1. The van der Waals surface area contributed by atoms with Crippen LogP contribution in [0, 0.1) is 11.3 Å². The van der Waals surface area contributed by atoms with Crippen LogP contribution in [0.4, 0.5) is 11.8 Å². The van der Waals surface area contributed by atoms with Crippen molar-refractivity contribution in [3.05, 3.63) is 41.7 Å². The molecule has 3 aliphatic carbocycles. The average Bonchev–Trinajstić information content (AvgIpc) is 3.48. The maximum Gasteiger partial charge on any atom is 0.209 e. The van der Waals surface area contributed by atoms with E-state index in [1.807, 2.05) is 0 Å². The zero-order chi connectivity index (χ0) is 27.3. The number of nitrogens with zero attached hydrogens (tertiary/aromatic N) is 5. The Balaban J connectivity index is 1.39. The van der Waals surface area contributed by atoms with Gasteiger partial charge in [0.25, 0.3) is 0 Å². The third kappa shape index (κ3) is 4.56. The predicted molar refractivity (Wildman–Crippen MR) is 154 cm³/mol. The second-order valence-electron chi connectivity index (χ2n) is 12.5. The molecule has 3 heterocycles. The summed E-state index contributed by atoms with van der Waals surface area (Å²) in [5, 5.41) is 24.1. The van der Waals surface area contributed by atoms with Gasteiger partial charge in [0, 0.05) is 18.6 Å². The van der Waals surface area contributed by atoms with Gasteiger partial charge in [0.2, 0.25) is 5.95 Å². The lowest BCUT2D eigenvalue weighted by Crippen LogP contribution is -2.41. The first kappa shape index (κ1) is 26.2. The van der Waals surface area contributed by atoms with Gasteiger partial charge in [-0.2, -0.15) is 4.98 Å². The van der Waals surface area contributed by atoms with Gasteiger partial charge in [-0.1, -0.05) is 56.0 Å². The van der Waals surface area contributed by atoms with E-state index in [1.54, 1.807) is 0 Å². The van der Waals surface area contributed by atoms with Crippen LogP contribution in [0.5, 0.6) is 0 Å². The lowest BCUT2D eigenvalue weighted by atomic mass is 9.80. The molecule has 0 radical (unpaired) electrons. The van der Waals surface area contributed by atoms with Crippen molar-refractivity contribution in [2.24, 2.45) is 11.3 Å². The fourth-order valence-electron chi connectivity index (χ4n) is 7.39. The topological polar surface area (TPSA) is 109 Å². The van der Waals surface area contributed by atoms with Crippen LogP contribution in [0.2, 0.25) is 0 Å². The number of ether oxygens (including phenoxy) is 1. The van der Waals surface area contributed by atoms with Crippen molar-refractivity contribution in [2.45, 2.75) is 88.9 Å². The molecule has 1 saturated heterocycles.